The Kier molecular flexibility index (Phi) is 64.7. The van der Waals surface area contributed by atoms with Gasteiger partial charge in [0, 0.05) is 19.3 Å². The topological polar surface area (TPSA) is 78.9 Å². The second-order valence-electron chi connectivity index (χ2n) is 23.1. The van der Waals surface area contributed by atoms with E-state index >= 15 is 0 Å². The van der Waals surface area contributed by atoms with Crippen LogP contribution in [0.5, 0.6) is 0 Å². The molecule has 0 aliphatic heterocycles. The summed E-state index contributed by atoms with van der Waals surface area (Å²) in [5, 5.41) is 0. The van der Waals surface area contributed by atoms with Crippen molar-refractivity contribution in [2.45, 2.75) is 361 Å². The van der Waals surface area contributed by atoms with Crippen LogP contribution in [0.15, 0.2) is 72.9 Å². The maximum Gasteiger partial charge on any atom is 0.306 e. The van der Waals surface area contributed by atoms with Crippen LogP contribution in [0.25, 0.3) is 0 Å². The van der Waals surface area contributed by atoms with Crippen molar-refractivity contribution in [3.8, 4) is 0 Å². The van der Waals surface area contributed by atoms with Crippen LogP contribution < -0.4 is 0 Å². The van der Waals surface area contributed by atoms with Crippen molar-refractivity contribution in [3.63, 3.8) is 0 Å². The van der Waals surface area contributed by atoms with E-state index in [-0.39, 0.29) is 31.1 Å². The summed E-state index contributed by atoms with van der Waals surface area (Å²) in [6.07, 6.45) is 88.1. The number of esters is 3. The summed E-state index contributed by atoms with van der Waals surface area (Å²) < 4.78 is 16.9. The molecule has 0 radical (unpaired) electrons. The van der Waals surface area contributed by atoms with Crippen LogP contribution in [-0.2, 0) is 28.6 Å². The molecule has 1 unspecified atom stereocenters. The maximum absolute atomic E-state index is 12.9. The standard InChI is InChI=1S/C73H130O6/c1-4-7-10-13-16-18-20-22-24-26-28-30-31-32-33-34-35-36-37-38-39-40-41-43-44-46-48-50-52-54-57-60-63-66-72(75)78-69-70(68-77-71(74)65-62-59-56-15-12-9-6-3)79-73(76)67-64-61-58-55-53-51-49-47-45-42-29-27-25-23-21-19-17-14-11-8-5-2/h20-23,26-29,31-32,45,47,70H,4-19,24-25,30,33-44,46,48-69H2,1-3H3/b22-20-,23-21-,28-26-,29-27-,32-31-,47-45-. The number of hydrogen-bond acceptors (Lipinski definition) is 6. The lowest BCUT2D eigenvalue weighted by Gasteiger charge is -2.18. The van der Waals surface area contributed by atoms with Crippen molar-refractivity contribution < 1.29 is 28.6 Å². The second-order valence-corrected chi connectivity index (χ2v) is 23.1. The van der Waals surface area contributed by atoms with E-state index in [0.717, 1.165) is 89.9 Å². The number of rotatable bonds is 63. The minimum Gasteiger partial charge on any atom is -0.462 e. The molecule has 0 aliphatic carbocycles. The van der Waals surface area contributed by atoms with E-state index in [0.29, 0.717) is 19.3 Å². The summed E-state index contributed by atoms with van der Waals surface area (Å²) in [6, 6.07) is 0. The zero-order chi connectivity index (χ0) is 57.1. The van der Waals surface area contributed by atoms with Crippen LogP contribution in [-0.4, -0.2) is 37.2 Å². The molecule has 79 heavy (non-hydrogen) atoms. The fraction of sp³-hybridized carbons (Fsp3) is 0.795. The van der Waals surface area contributed by atoms with Crippen molar-refractivity contribution in [3.05, 3.63) is 72.9 Å². The first-order valence-corrected chi connectivity index (χ1v) is 34.4. The highest BCUT2D eigenvalue weighted by Crippen LogP contribution is 2.17. The summed E-state index contributed by atoms with van der Waals surface area (Å²) in [4.78, 5) is 38.1. The van der Waals surface area contributed by atoms with Gasteiger partial charge in [0.25, 0.3) is 0 Å². The van der Waals surface area contributed by atoms with Gasteiger partial charge in [-0.15, -0.1) is 0 Å². The molecule has 0 fully saturated rings. The summed E-state index contributed by atoms with van der Waals surface area (Å²) in [6.45, 7) is 6.60. The third-order valence-corrected chi connectivity index (χ3v) is 15.2. The Balaban J connectivity index is 4.04. The first-order valence-electron chi connectivity index (χ1n) is 34.4. The highest BCUT2D eigenvalue weighted by molar-refractivity contribution is 5.71. The van der Waals surface area contributed by atoms with Gasteiger partial charge in [0.05, 0.1) is 0 Å². The van der Waals surface area contributed by atoms with Gasteiger partial charge in [0.2, 0.25) is 0 Å². The molecule has 6 nitrogen and oxygen atoms in total. The Labute approximate surface area is 491 Å². The minimum atomic E-state index is -0.779. The largest absolute Gasteiger partial charge is 0.462 e. The zero-order valence-corrected chi connectivity index (χ0v) is 52.6. The van der Waals surface area contributed by atoms with Crippen molar-refractivity contribution in [1.29, 1.82) is 0 Å². The molecule has 458 valence electrons. The Morgan fingerprint density at radius 2 is 0.456 bits per heavy atom. The quantitative estimate of drug-likeness (QED) is 0.0261. The Morgan fingerprint density at radius 3 is 0.709 bits per heavy atom. The fourth-order valence-corrected chi connectivity index (χ4v) is 9.99. The molecule has 0 aromatic rings. The molecule has 0 spiro atoms. The Morgan fingerprint density at radius 1 is 0.253 bits per heavy atom. The molecule has 0 aromatic carbocycles. The SMILES string of the molecule is CCCCCCC/C=C\C/C=C\C/C=C\CCCCCCCCCCCCCCCCCCCCC(=O)OCC(COC(=O)CCCCCCCCC)OC(=O)CCCCCCCC/C=C\C/C=C\C/C=C\CCCCCCC. The molecule has 0 saturated heterocycles. The van der Waals surface area contributed by atoms with Gasteiger partial charge in [-0.1, -0.05) is 312 Å². The first-order chi connectivity index (χ1) is 39.0. The van der Waals surface area contributed by atoms with Crippen molar-refractivity contribution in [1.82, 2.24) is 0 Å². The van der Waals surface area contributed by atoms with Gasteiger partial charge in [0.1, 0.15) is 13.2 Å². The molecule has 1 atom stereocenters. The molecular formula is C73H130O6. The molecule has 0 aromatic heterocycles. The van der Waals surface area contributed by atoms with Gasteiger partial charge in [-0.05, 0) is 96.3 Å². The van der Waals surface area contributed by atoms with Crippen LogP contribution >= 0.6 is 0 Å². The molecule has 0 heterocycles. The van der Waals surface area contributed by atoms with E-state index in [4.69, 9.17) is 14.2 Å². The van der Waals surface area contributed by atoms with E-state index in [1.807, 2.05) is 0 Å². The number of allylic oxidation sites excluding steroid dienone is 12. The number of carbonyl (C=O) groups excluding carboxylic acids is 3. The monoisotopic (exact) mass is 1100 g/mol. The number of carbonyl (C=O) groups is 3. The summed E-state index contributed by atoms with van der Waals surface area (Å²) in [5.41, 5.74) is 0. The van der Waals surface area contributed by atoms with E-state index < -0.39 is 6.10 Å². The lowest BCUT2D eigenvalue weighted by atomic mass is 10.0. The molecule has 0 rings (SSSR count). The average Bonchev–Trinajstić information content (AvgIpc) is 3.45. The predicted molar refractivity (Wildman–Crippen MR) is 344 cm³/mol. The van der Waals surface area contributed by atoms with Gasteiger partial charge in [-0.2, -0.15) is 0 Å². The Hall–Kier alpha value is -3.15. The van der Waals surface area contributed by atoms with Crippen molar-refractivity contribution in [2.24, 2.45) is 0 Å². The van der Waals surface area contributed by atoms with Gasteiger partial charge in [-0.3, -0.25) is 14.4 Å². The number of ether oxygens (including phenoxy) is 3. The molecule has 0 aliphatic rings. The van der Waals surface area contributed by atoms with Crippen LogP contribution in [0.2, 0.25) is 0 Å². The van der Waals surface area contributed by atoms with Crippen LogP contribution in [0.3, 0.4) is 0 Å². The Bertz CT molecular complexity index is 1450. The highest BCUT2D eigenvalue weighted by Gasteiger charge is 2.19. The summed E-state index contributed by atoms with van der Waals surface area (Å²) >= 11 is 0. The minimum absolute atomic E-state index is 0.0772. The second kappa shape index (κ2) is 67.4. The van der Waals surface area contributed by atoms with Gasteiger partial charge < -0.3 is 14.2 Å². The van der Waals surface area contributed by atoms with E-state index in [9.17, 15) is 14.4 Å². The van der Waals surface area contributed by atoms with Crippen molar-refractivity contribution in [2.75, 3.05) is 13.2 Å². The third kappa shape index (κ3) is 65.5. The van der Waals surface area contributed by atoms with Gasteiger partial charge >= 0.3 is 17.9 Å². The van der Waals surface area contributed by atoms with Gasteiger partial charge in [-0.25, -0.2) is 0 Å². The third-order valence-electron chi connectivity index (χ3n) is 15.2. The van der Waals surface area contributed by atoms with Crippen LogP contribution in [0, 0.1) is 0 Å². The lowest BCUT2D eigenvalue weighted by molar-refractivity contribution is -0.167. The highest BCUT2D eigenvalue weighted by atomic mass is 16.6. The van der Waals surface area contributed by atoms with E-state index in [1.54, 1.807) is 0 Å². The molecule has 0 amide bonds. The maximum atomic E-state index is 12.9. The van der Waals surface area contributed by atoms with E-state index in [1.165, 1.54) is 225 Å². The van der Waals surface area contributed by atoms with Crippen LogP contribution in [0.4, 0.5) is 0 Å². The predicted octanol–water partition coefficient (Wildman–Crippen LogP) is 23.7. The van der Waals surface area contributed by atoms with Crippen molar-refractivity contribution >= 4 is 17.9 Å². The number of hydrogen-bond donors (Lipinski definition) is 0. The average molecular weight is 1100 g/mol. The van der Waals surface area contributed by atoms with E-state index in [2.05, 4.69) is 93.7 Å². The lowest BCUT2D eigenvalue weighted by Crippen LogP contribution is -2.30. The smallest absolute Gasteiger partial charge is 0.306 e. The molecule has 0 saturated carbocycles. The van der Waals surface area contributed by atoms with Gasteiger partial charge in [0.15, 0.2) is 6.10 Å². The molecular weight excluding hydrogens is 973 g/mol. The first kappa shape index (κ1) is 75.8. The summed E-state index contributed by atoms with van der Waals surface area (Å²) in [5.74, 6) is -0.881. The van der Waals surface area contributed by atoms with Crippen LogP contribution in [0.1, 0.15) is 355 Å². The fourth-order valence-electron chi connectivity index (χ4n) is 9.99. The number of unbranched alkanes of at least 4 members (excludes halogenated alkanes) is 40. The molecule has 0 N–H and O–H groups in total. The zero-order valence-electron chi connectivity index (χ0n) is 52.6. The molecule has 6 heteroatoms. The summed E-state index contributed by atoms with van der Waals surface area (Å²) in [7, 11) is 0. The molecule has 0 bridgehead atoms. The normalized spacial score (nSPS) is 12.5.